The van der Waals surface area contributed by atoms with E-state index in [4.69, 9.17) is 5.73 Å². The Labute approximate surface area is 114 Å². The predicted molar refractivity (Wildman–Crippen MR) is 74.6 cm³/mol. The molecule has 18 heavy (non-hydrogen) atoms. The van der Waals surface area contributed by atoms with Crippen molar-refractivity contribution in [2.24, 2.45) is 5.92 Å². The van der Waals surface area contributed by atoms with E-state index >= 15 is 0 Å². The van der Waals surface area contributed by atoms with Crippen LogP contribution in [0.15, 0.2) is 22.7 Å². The normalized spacial score (nSPS) is 11.2. The first-order valence-corrected chi connectivity index (χ1v) is 6.56. The molecule has 0 spiro atoms. The lowest BCUT2D eigenvalue weighted by Gasteiger charge is -2.08. The number of anilines is 1. The summed E-state index contributed by atoms with van der Waals surface area (Å²) in [6.07, 6.45) is 0.806. The number of aromatic nitrogens is 2. The minimum atomic E-state index is -0.281. The van der Waals surface area contributed by atoms with Gasteiger partial charge in [-0.2, -0.15) is 5.10 Å². The number of halogens is 2. The largest absolute Gasteiger partial charge is 0.382 e. The summed E-state index contributed by atoms with van der Waals surface area (Å²) in [6, 6.07) is 4.57. The standard InChI is InChI=1S/C13H15BrFN3/c1-7(2)5-10-12(17-18-13(10)16)9-6-8(15)3-4-11(9)14/h3-4,6-7H,5H2,1-2H3,(H3,16,17,18). The third-order valence-corrected chi connectivity index (χ3v) is 3.40. The molecule has 0 aliphatic carbocycles. The number of H-pyrrole nitrogens is 1. The van der Waals surface area contributed by atoms with E-state index in [2.05, 4.69) is 40.0 Å². The van der Waals surface area contributed by atoms with Gasteiger partial charge in [-0.25, -0.2) is 4.39 Å². The minimum absolute atomic E-state index is 0.281. The smallest absolute Gasteiger partial charge is 0.149 e. The first-order chi connectivity index (χ1) is 8.49. The van der Waals surface area contributed by atoms with Crippen LogP contribution in [0.5, 0.6) is 0 Å². The fourth-order valence-corrected chi connectivity index (χ4v) is 2.35. The van der Waals surface area contributed by atoms with Gasteiger partial charge in [-0.15, -0.1) is 0 Å². The lowest BCUT2D eigenvalue weighted by molar-refractivity contribution is 0.627. The molecule has 3 nitrogen and oxygen atoms in total. The molecule has 2 rings (SSSR count). The maximum absolute atomic E-state index is 13.3. The van der Waals surface area contributed by atoms with Gasteiger partial charge in [0.2, 0.25) is 0 Å². The molecule has 5 heteroatoms. The third kappa shape index (κ3) is 2.56. The van der Waals surface area contributed by atoms with Crippen LogP contribution < -0.4 is 5.73 Å². The summed E-state index contributed by atoms with van der Waals surface area (Å²) in [5, 5.41) is 6.92. The number of nitrogen functional groups attached to an aromatic ring is 1. The molecule has 0 saturated heterocycles. The monoisotopic (exact) mass is 311 g/mol. The number of benzene rings is 1. The Kier molecular flexibility index (Phi) is 3.71. The average Bonchev–Trinajstić information content (AvgIpc) is 2.64. The summed E-state index contributed by atoms with van der Waals surface area (Å²) in [5.74, 6) is 0.655. The zero-order chi connectivity index (χ0) is 13.3. The number of nitrogens with two attached hydrogens (primary N) is 1. The molecule has 0 saturated carbocycles. The van der Waals surface area contributed by atoms with Crippen molar-refractivity contribution in [3.63, 3.8) is 0 Å². The van der Waals surface area contributed by atoms with E-state index in [0.29, 0.717) is 11.7 Å². The Balaban J connectivity index is 2.53. The van der Waals surface area contributed by atoms with Crippen LogP contribution in [0.2, 0.25) is 0 Å². The molecule has 2 aromatic rings. The molecule has 0 radical (unpaired) electrons. The van der Waals surface area contributed by atoms with E-state index in [1.807, 2.05) is 0 Å². The van der Waals surface area contributed by atoms with Gasteiger partial charge in [-0.05, 0) is 30.5 Å². The zero-order valence-corrected chi connectivity index (χ0v) is 11.9. The second-order valence-electron chi connectivity index (χ2n) is 4.68. The van der Waals surface area contributed by atoms with Crippen LogP contribution in [0.1, 0.15) is 19.4 Å². The summed E-state index contributed by atoms with van der Waals surface area (Å²) in [5.41, 5.74) is 8.33. The fraction of sp³-hybridized carbons (Fsp3) is 0.308. The van der Waals surface area contributed by atoms with Crippen molar-refractivity contribution in [1.29, 1.82) is 0 Å². The van der Waals surface area contributed by atoms with Crippen LogP contribution in [0.4, 0.5) is 10.2 Å². The highest BCUT2D eigenvalue weighted by molar-refractivity contribution is 9.10. The Morgan fingerprint density at radius 3 is 2.83 bits per heavy atom. The Morgan fingerprint density at radius 1 is 1.44 bits per heavy atom. The molecule has 1 heterocycles. The van der Waals surface area contributed by atoms with Crippen molar-refractivity contribution in [3.8, 4) is 11.3 Å². The Bertz CT molecular complexity index is 563. The van der Waals surface area contributed by atoms with Crippen LogP contribution in [0, 0.1) is 11.7 Å². The molecule has 0 amide bonds. The van der Waals surface area contributed by atoms with Crippen LogP contribution in [-0.2, 0) is 6.42 Å². The van der Waals surface area contributed by atoms with Gasteiger partial charge in [-0.3, -0.25) is 5.10 Å². The minimum Gasteiger partial charge on any atom is -0.382 e. The van der Waals surface area contributed by atoms with Crippen molar-refractivity contribution in [1.82, 2.24) is 10.2 Å². The van der Waals surface area contributed by atoms with E-state index < -0.39 is 0 Å². The summed E-state index contributed by atoms with van der Waals surface area (Å²) in [7, 11) is 0. The summed E-state index contributed by atoms with van der Waals surface area (Å²) >= 11 is 3.42. The van der Waals surface area contributed by atoms with Gasteiger partial charge in [0.25, 0.3) is 0 Å². The van der Waals surface area contributed by atoms with Gasteiger partial charge in [0, 0.05) is 15.6 Å². The molecule has 0 aliphatic rings. The quantitative estimate of drug-likeness (QED) is 0.906. The van der Waals surface area contributed by atoms with Crippen molar-refractivity contribution in [3.05, 3.63) is 34.1 Å². The predicted octanol–water partition coefficient (Wildman–Crippen LogP) is 3.76. The highest BCUT2D eigenvalue weighted by atomic mass is 79.9. The van der Waals surface area contributed by atoms with Gasteiger partial charge in [0.1, 0.15) is 11.6 Å². The molecule has 0 bridgehead atoms. The van der Waals surface area contributed by atoms with Gasteiger partial charge < -0.3 is 5.73 Å². The maximum Gasteiger partial charge on any atom is 0.149 e. The van der Waals surface area contributed by atoms with Crippen molar-refractivity contribution in [2.45, 2.75) is 20.3 Å². The molecule has 3 N–H and O–H groups in total. The van der Waals surface area contributed by atoms with Crippen molar-refractivity contribution < 1.29 is 4.39 Å². The van der Waals surface area contributed by atoms with E-state index in [1.54, 1.807) is 6.07 Å². The SMILES string of the molecule is CC(C)Cc1c(N)n[nH]c1-c1cc(F)ccc1Br. The van der Waals surface area contributed by atoms with E-state index in [0.717, 1.165) is 27.7 Å². The summed E-state index contributed by atoms with van der Waals surface area (Å²) in [6.45, 7) is 4.22. The molecule has 0 unspecified atom stereocenters. The fourth-order valence-electron chi connectivity index (χ4n) is 1.91. The Morgan fingerprint density at radius 2 is 2.17 bits per heavy atom. The van der Waals surface area contributed by atoms with Gasteiger partial charge in [0.15, 0.2) is 0 Å². The number of nitrogens with one attached hydrogen (secondary N) is 1. The lowest BCUT2D eigenvalue weighted by Crippen LogP contribution is -1.99. The second-order valence-corrected chi connectivity index (χ2v) is 5.54. The first-order valence-electron chi connectivity index (χ1n) is 5.77. The van der Waals surface area contributed by atoms with Crippen LogP contribution in [0.25, 0.3) is 11.3 Å². The number of nitrogens with zero attached hydrogens (tertiary/aromatic N) is 1. The highest BCUT2D eigenvalue weighted by Gasteiger charge is 2.16. The third-order valence-electron chi connectivity index (χ3n) is 2.71. The molecule has 1 aromatic carbocycles. The molecule has 0 atom stereocenters. The number of hydrogen-bond donors (Lipinski definition) is 2. The number of aromatic amines is 1. The van der Waals surface area contributed by atoms with Gasteiger partial charge in [-0.1, -0.05) is 29.8 Å². The van der Waals surface area contributed by atoms with E-state index in [-0.39, 0.29) is 5.82 Å². The van der Waals surface area contributed by atoms with Crippen LogP contribution in [-0.4, -0.2) is 10.2 Å². The van der Waals surface area contributed by atoms with Gasteiger partial charge >= 0.3 is 0 Å². The molecule has 0 aliphatic heterocycles. The zero-order valence-electron chi connectivity index (χ0n) is 10.3. The molecular formula is C13H15BrFN3. The highest BCUT2D eigenvalue weighted by Crippen LogP contribution is 2.33. The first kappa shape index (κ1) is 13.1. The molecule has 96 valence electrons. The summed E-state index contributed by atoms with van der Waals surface area (Å²) < 4.78 is 14.2. The average molecular weight is 312 g/mol. The van der Waals surface area contributed by atoms with Crippen LogP contribution >= 0.6 is 15.9 Å². The van der Waals surface area contributed by atoms with E-state index in [1.165, 1.54) is 12.1 Å². The molecule has 0 fully saturated rings. The van der Waals surface area contributed by atoms with E-state index in [9.17, 15) is 4.39 Å². The van der Waals surface area contributed by atoms with Crippen molar-refractivity contribution >= 4 is 21.7 Å². The van der Waals surface area contributed by atoms with Gasteiger partial charge in [0.05, 0.1) is 5.69 Å². The van der Waals surface area contributed by atoms with Crippen molar-refractivity contribution in [2.75, 3.05) is 5.73 Å². The molecule has 1 aromatic heterocycles. The van der Waals surface area contributed by atoms with Crippen LogP contribution in [0.3, 0.4) is 0 Å². The maximum atomic E-state index is 13.3. The lowest BCUT2D eigenvalue weighted by atomic mass is 9.99. The second kappa shape index (κ2) is 5.10. The summed E-state index contributed by atoms with van der Waals surface area (Å²) in [4.78, 5) is 0. The number of hydrogen-bond acceptors (Lipinski definition) is 2. The topological polar surface area (TPSA) is 54.7 Å². The molecular weight excluding hydrogens is 297 g/mol. The Hall–Kier alpha value is -1.36. The number of rotatable bonds is 3.